The van der Waals surface area contributed by atoms with Crippen molar-refractivity contribution in [3.8, 4) is 0 Å². The van der Waals surface area contributed by atoms with Gasteiger partial charge in [0, 0.05) is 12.1 Å². The maximum absolute atomic E-state index is 12.8. The molecule has 1 N–H and O–H groups in total. The van der Waals surface area contributed by atoms with Gasteiger partial charge < -0.3 is 5.32 Å². The van der Waals surface area contributed by atoms with E-state index in [9.17, 15) is 4.79 Å². The third-order valence-electron chi connectivity index (χ3n) is 4.47. The van der Waals surface area contributed by atoms with Gasteiger partial charge in [0.1, 0.15) is 0 Å². The zero-order valence-electron chi connectivity index (χ0n) is 13.0. The number of nitrogens with zero attached hydrogens (tertiary/aromatic N) is 1. The summed E-state index contributed by atoms with van der Waals surface area (Å²) in [5, 5.41) is 2.93. The van der Waals surface area contributed by atoms with Crippen LogP contribution in [0.3, 0.4) is 0 Å². The number of hydrogen-bond donors (Lipinski definition) is 1. The second kappa shape index (κ2) is 6.10. The molecule has 1 amide bonds. The Morgan fingerprint density at radius 1 is 1.09 bits per heavy atom. The maximum atomic E-state index is 12.8. The second-order valence-corrected chi connectivity index (χ2v) is 5.68. The molecule has 1 aliphatic rings. The summed E-state index contributed by atoms with van der Waals surface area (Å²) in [6, 6.07) is 19.6. The summed E-state index contributed by atoms with van der Waals surface area (Å²) in [4.78, 5) is 16.5. The van der Waals surface area contributed by atoms with Crippen molar-refractivity contribution in [2.24, 2.45) is 0 Å². The van der Waals surface area contributed by atoms with Crippen LogP contribution >= 0.6 is 0 Å². The smallest absolute Gasteiger partial charge is 0.319 e. The predicted octanol–water partition coefficient (Wildman–Crippen LogP) is 4.01. The first-order valence-corrected chi connectivity index (χ1v) is 7.73. The number of amides is 1. The molecule has 23 heavy (non-hydrogen) atoms. The molecule has 0 saturated heterocycles. The van der Waals surface area contributed by atoms with Crippen LogP contribution in [0.25, 0.3) is 10.5 Å². The Hall–Kier alpha value is -2.86. The Balaban J connectivity index is 2.16. The van der Waals surface area contributed by atoms with Crippen molar-refractivity contribution in [3.63, 3.8) is 0 Å². The second-order valence-electron chi connectivity index (χ2n) is 5.68. The highest BCUT2D eigenvalue weighted by atomic mass is 16.2. The largest absolute Gasteiger partial charge is 0.319 e. The molecule has 1 aliphatic heterocycles. The molecule has 3 rings (SSSR count). The van der Waals surface area contributed by atoms with Crippen LogP contribution in [-0.4, -0.2) is 11.4 Å². The molecule has 3 nitrogen and oxygen atoms in total. The van der Waals surface area contributed by atoms with Crippen LogP contribution in [0.2, 0.25) is 0 Å². The highest BCUT2D eigenvalue weighted by Crippen LogP contribution is 2.41. The summed E-state index contributed by atoms with van der Waals surface area (Å²) in [5.74, 6) is -0.472. The van der Waals surface area contributed by atoms with Crippen LogP contribution < -0.4 is 5.32 Å². The molecular formula is C20H18N2O. The van der Waals surface area contributed by atoms with Crippen molar-refractivity contribution in [2.75, 3.05) is 0 Å². The number of nitrogens with one attached hydrogen (secondary N) is 1. The van der Waals surface area contributed by atoms with Crippen LogP contribution in [0.4, 0.5) is 0 Å². The average Bonchev–Trinajstić information content (AvgIpc) is 2.63. The van der Waals surface area contributed by atoms with E-state index in [2.05, 4.69) is 10.2 Å². The van der Waals surface area contributed by atoms with Gasteiger partial charge >= 0.3 is 11.4 Å². The van der Waals surface area contributed by atoms with Gasteiger partial charge in [-0.25, -0.2) is 6.57 Å². The van der Waals surface area contributed by atoms with E-state index in [1.165, 1.54) is 0 Å². The van der Waals surface area contributed by atoms with E-state index in [4.69, 9.17) is 6.57 Å². The molecule has 0 radical (unpaired) electrons. The topological polar surface area (TPSA) is 33.5 Å². The third-order valence-corrected chi connectivity index (χ3v) is 4.47. The number of benzene rings is 2. The Kier molecular flexibility index (Phi) is 3.99. The lowest BCUT2D eigenvalue weighted by atomic mass is 9.74. The Morgan fingerprint density at radius 2 is 1.70 bits per heavy atom. The summed E-state index contributed by atoms with van der Waals surface area (Å²) in [6.07, 6.45) is 2.49. The van der Waals surface area contributed by atoms with Crippen molar-refractivity contribution in [1.82, 2.24) is 5.32 Å². The van der Waals surface area contributed by atoms with Gasteiger partial charge in [-0.2, -0.15) is 0 Å². The summed E-state index contributed by atoms with van der Waals surface area (Å²) < 4.78 is 0. The molecule has 1 heterocycles. The van der Waals surface area contributed by atoms with Crippen molar-refractivity contribution in [1.29, 1.82) is 0 Å². The highest BCUT2D eigenvalue weighted by Gasteiger charge is 2.53. The van der Waals surface area contributed by atoms with E-state index >= 15 is 0 Å². The van der Waals surface area contributed by atoms with E-state index in [0.717, 1.165) is 16.8 Å². The van der Waals surface area contributed by atoms with Crippen LogP contribution in [-0.2, 0) is 4.79 Å². The summed E-state index contributed by atoms with van der Waals surface area (Å²) in [6.45, 7) is 9.56. The monoisotopic (exact) mass is 302 g/mol. The molecule has 0 aliphatic carbocycles. The fourth-order valence-electron chi connectivity index (χ4n) is 3.12. The quantitative estimate of drug-likeness (QED) is 0.854. The van der Waals surface area contributed by atoms with Gasteiger partial charge in [0.05, 0.1) is 5.92 Å². The molecule has 0 bridgehead atoms. The van der Waals surface area contributed by atoms with Crippen molar-refractivity contribution >= 4 is 11.6 Å². The predicted molar refractivity (Wildman–Crippen MR) is 91.4 cm³/mol. The van der Waals surface area contributed by atoms with Crippen LogP contribution in [0.5, 0.6) is 0 Å². The van der Waals surface area contributed by atoms with Crippen molar-refractivity contribution in [2.45, 2.75) is 24.8 Å². The van der Waals surface area contributed by atoms with Gasteiger partial charge in [-0.1, -0.05) is 67.6 Å². The first kappa shape index (κ1) is 15.1. The Bertz CT molecular complexity index is 774. The van der Waals surface area contributed by atoms with Crippen LogP contribution in [0.15, 0.2) is 66.7 Å². The number of rotatable bonds is 3. The first-order chi connectivity index (χ1) is 11.2. The number of carbonyl (C=O) groups excluding carboxylic acids is 1. The molecule has 3 heteroatoms. The van der Waals surface area contributed by atoms with E-state index in [-0.39, 0.29) is 11.8 Å². The standard InChI is InChI=1S/C20H18N2O/c1-3-20(21-2)17(15-10-6-4-7-11-15)14-18(22-19(20)23)16-12-8-5-9-13-16/h4-14,17H,3H2,1H3,(H,22,23)/t17-,20+/m0/s1. The van der Waals surface area contributed by atoms with Gasteiger partial charge in [0.2, 0.25) is 0 Å². The van der Waals surface area contributed by atoms with Gasteiger partial charge in [-0.15, -0.1) is 0 Å². The molecule has 2 aromatic rings. The molecule has 2 aromatic carbocycles. The fourth-order valence-corrected chi connectivity index (χ4v) is 3.12. The molecule has 0 unspecified atom stereocenters. The number of carbonyl (C=O) groups is 1. The van der Waals surface area contributed by atoms with E-state index in [1.807, 2.05) is 73.7 Å². The molecule has 114 valence electrons. The van der Waals surface area contributed by atoms with Gasteiger partial charge in [0.25, 0.3) is 0 Å². The van der Waals surface area contributed by atoms with Gasteiger partial charge in [-0.05, 0) is 17.2 Å². The lowest BCUT2D eigenvalue weighted by Gasteiger charge is -2.32. The zero-order chi connectivity index (χ0) is 16.3. The van der Waals surface area contributed by atoms with Crippen molar-refractivity contribution in [3.05, 3.63) is 89.3 Å². The molecule has 0 aromatic heterocycles. The minimum Gasteiger partial charge on any atom is -0.319 e. The third kappa shape index (κ3) is 2.53. The van der Waals surface area contributed by atoms with Gasteiger partial charge in [-0.3, -0.25) is 9.64 Å². The molecular weight excluding hydrogens is 284 g/mol. The lowest BCUT2D eigenvalue weighted by Crippen LogP contribution is -2.50. The molecule has 2 atom stereocenters. The Morgan fingerprint density at radius 3 is 2.26 bits per heavy atom. The number of hydrogen-bond acceptors (Lipinski definition) is 1. The Labute approximate surface area is 136 Å². The molecule has 0 saturated carbocycles. The maximum Gasteiger partial charge on any atom is 0.319 e. The normalized spacial score (nSPS) is 23.6. The van der Waals surface area contributed by atoms with E-state index in [1.54, 1.807) is 0 Å². The zero-order valence-corrected chi connectivity index (χ0v) is 13.0. The summed E-state index contributed by atoms with van der Waals surface area (Å²) >= 11 is 0. The first-order valence-electron chi connectivity index (χ1n) is 7.73. The van der Waals surface area contributed by atoms with Gasteiger partial charge in [0.15, 0.2) is 0 Å². The molecule has 0 spiro atoms. The van der Waals surface area contributed by atoms with E-state index in [0.29, 0.717) is 6.42 Å². The van der Waals surface area contributed by atoms with Crippen LogP contribution in [0, 0.1) is 6.57 Å². The minimum atomic E-state index is -1.08. The van der Waals surface area contributed by atoms with Crippen LogP contribution in [0.1, 0.15) is 30.4 Å². The highest BCUT2D eigenvalue weighted by molar-refractivity contribution is 5.99. The van der Waals surface area contributed by atoms with E-state index < -0.39 is 5.54 Å². The summed E-state index contributed by atoms with van der Waals surface area (Å²) in [7, 11) is 0. The fraction of sp³-hybridized carbons (Fsp3) is 0.200. The minimum absolute atomic E-state index is 0.217. The SMILES string of the molecule is [C-]#[N+][C@@]1(CC)C(=O)NC(c2ccccc2)=C[C@H]1c1ccccc1. The molecule has 0 fully saturated rings. The summed E-state index contributed by atoms with van der Waals surface area (Å²) in [5.41, 5.74) is 1.64. The average molecular weight is 302 g/mol. The lowest BCUT2D eigenvalue weighted by molar-refractivity contribution is -0.124. The van der Waals surface area contributed by atoms with Crippen molar-refractivity contribution < 1.29 is 4.79 Å².